The summed E-state index contributed by atoms with van der Waals surface area (Å²) in [5.74, 6) is 2.12. The van der Waals surface area contributed by atoms with Gasteiger partial charge in [-0.05, 0) is 60.0 Å². The van der Waals surface area contributed by atoms with Crippen molar-refractivity contribution in [2.24, 2.45) is 0 Å². The molecule has 0 aliphatic carbocycles. The van der Waals surface area contributed by atoms with E-state index < -0.39 is 12.0 Å². The lowest BCUT2D eigenvalue weighted by Crippen LogP contribution is -2.33. The van der Waals surface area contributed by atoms with Crippen molar-refractivity contribution in [2.45, 2.75) is 19.0 Å². The molecule has 3 aromatic rings. The van der Waals surface area contributed by atoms with Crippen LogP contribution in [-0.4, -0.2) is 61.4 Å². The van der Waals surface area contributed by atoms with Gasteiger partial charge in [-0.15, -0.1) is 0 Å². The van der Waals surface area contributed by atoms with Crippen molar-refractivity contribution in [3.05, 3.63) is 76.9 Å². The number of ether oxygens (including phenoxy) is 5. The van der Waals surface area contributed by atoms with Gasteiger partial charge in [-0.2, -0.15) is 0 Å². The van der Waals surface area contributed by atoms with Gasteiger partial charge in [0.05, 0.1) is 39.0 Å². The molecule has 0 fully saturated rings. The number of hydrogen-bond donors (Lipinski definition) is 2. The summed E-state index contributed by atoms with van der Waals surface area (Å²) < 4.78 is 28.2. The predicted molar refractivity (Wildman–Crippen MR) is 134 cm³/mol. The molecule has 0 amide bonds. The van der Waals surface area contributed by atoms with Crippen molar-refractivity contribution in [3.8, 4) is 28.7 Å². The number of carboxylic acid groups (broad SMARTS) is 1. The predicted octanol–water partition coefficient (Wildman–Crippen LogP) is 3.77. The van der Waals surface area contributed by atoms with E-state index in [2.05, 4.69) is 0 Å². The van der Waals surface area contributed by atoms with Gasteiger partial charge in [0.2, 0.25) is 6.79 Å². The molecule has 2 aliphatic rings. The zero-order valence-electron chi connectivity index (χ0n) is 20.7. The van der Waals surface area contributed by atoms with Crippen LogP contribution in [0.4, 0.5) is 0 Å². The number of rotatable bonds is 10. The van der Waals surface area contributed by atoms with Crippen LogP contribution in [0.2, 0.25) is 0 Å². The van der Waals surface area contributed by atoms with E-state index in [-0.39, 0.29) is 32.6 Å². The summed E-state index contributed by atoms with van der Waals surface area (Å²) in [6, 6.07) is 16.1. The minimum absolute atomic E-state index is 0.0866. The van der Waals surface area contributed by atoms with Crippen LogP contribution in [0.5, 0.6) is 28.7 Å². The normalized spacial score (nSPS) is 17.9. The van der Waals surface area contributed by atoms with Gasteiger partial charge < -0.3 is 33.9 Å². The van der Waals surface area contributed by atoms with Crippen LogP contribution in [-0.2, 0) is 4.79 Å². The first kappa shape index (κ1) is 24.7. The third kappa shape index (κ3) is 4.75. The van der Waals surface area contributed by atoms with E-state index in [0.717, 1.165) is 22.3 Å². The first-order valence-electron chi connectivity index (χ1n) is 12.1. The van der Waals surface area contributed by atoms with Crippen LogP contribution < -0.4 is 23.7 Å². The highest BCUT2D eigenvalue weighted by molar-refractivity contribution is 5.70. The zero-order valence-corrected chi connectivity index (χ0v) is 20.7. The highest BCUT2D eigenvalue weighted by Gasteiger charge is 2.43. The van der Waals surface area contributed by atoms with Gasteiger partial charge in [0.1, 0.15) is 23.9 Å². The highest BCUT2D eigenvalue weighted by Crippen LogP contribution is 2.52. The monoisotopic (exact) mass is 507 g/mol. The Morgan fingerprint density at radius 3 is 2.49 bits per heavy atom. The lowest BCUT2D eigenvalue weighted by Gasteiger charge is -2.31. The zero-order chi connectivity index (χ0) is 25.9. The molecular formula is C28H29NO8. The number of methoxy groups -OCH3 is 1. The number of aliphatic hydroxyl groups is 1. The fourth-order valence-electron chi connectivity index (χ4n) is 5.09. The lowest BCUT2D eigenvalue weighted by atomic mass is 9.94. The standard InChI is InChI=1S/C28H29NO8/c1-3-34-19-6-7-20-22(13-19)28(21-8-5-18(33-2)14-24(21)35-11-10-30)29(15-26(31)32)27(20)17-4-9-23-25(12-17)37-16-36-23/h4-9,12-14,27-28,30H,3,10-11,15-16H2,1-2H3,(H,31,32)/t27-,28-/m1/s1. The number of fused-ring (bicyclic) bond motifs is 2. The molecule has 0 saturated carbocycles. The smallest absolute Gasteiger partial charge is 0.317 e. The van der Waals surface area contributed by atoms with E-state index in [4.69, 9.17) is 23.7 Å². The molecule has 2 aliphatic heterocycles. The lowest BCUT2D eigenvalue weighted by molar-refractivity contribution is -0.139. The number of aliphatic carboxylic acids is 1. The minimum Gasteiger partial charge on any atom is -0.497 e. The molecule has 0 unspecified atom stereocenters. The second-order valence-electron chi connectivity index (χ2n) is 8.68. The Bertz CT molecular complexity index is 1290. The maximum absolute atomic E-state index is 12.2. The van der Waals surface area contributed by atoms with Crippen LogP contribution in [0.25, 0.3) is 0 Å². The summed E-state index contributed by atoms with van der Waals surface area (Å²) in [5, 5.41) is 19.4. The molecule has 0 spiro atoms. The number of carbonyl (C=O) groups is 1. The van der Waals surface area contributed by atoms with E-state index in [9.17, 15) is 15.0 Å². The largest absolute Gasteiger partial charge is 0.497 e. The molecule has 0 radical (unpaired) electrons. The van der Waals surface area contributed by atoms with E-state index in [1.54, 1.807) is 13.2 Å². The molecule has 9 heteroatoms. The van der Waals surface area contributed by atoms with Crippen LogP contribution in [0, 0.1) is 0 Å². The van der Waals surface area contributed by atoms with E-state index in [1.807, 2.05) is 60.4 Å². The third-order valence-electron chi connectivity index (χ3n) is 6.52. The van der Waals surface area contributed by atoms with Crippen molar-refractivity contribution in [1.82, 2.24) is 4.90 Å². The van der Waals surface area contributed by atoms with Crippen molar-refractivity contribution < 1.29 is 38.7 Å². The summed E-state index contributed by atoms with van der Waals surface area (Å²) in [7, 11) is 1.57. The summed E-state index contributed by atoms with van der Waals surface area (Å²) in [4.78, 5) is 14.1. The second kappa shape index (κ2) is 10.6. The molecule has 2 atom stereocenters. The summed E-state index contributed by atoms with van der Waals surface area (Å²) >= 11 is 0. The van der Waals surface area contributed by atoms with Gasteiger partial charge in [-0.3, -0.25) is 9.69 Å². The second-order valence-corrected chi connectivity index (χ2v) is 8.68. The van der Waals surface area contributed by atoms with Gasteiger partial charge in [0, 0.05) is 11.6 Å². The Kier molecular flexibility index (Phi) is 7.07. The van der Waals surface area contributed by atoms with Crippen LogP contribution in [0.3, 0.4) is 0 Å². The average Bonchev–Trinajstić information content (AvgIpc) is 3.48. The van der Waals surface area contributed by atoms with Gasteiger partial charge in [-0.1, -0.05) is 12.1 Å². The van der Waals surface area contributed by atoms with Gasteiger partial charge >= 0.3 is 5.97 Å². The van der Waals surface area contributed by atoms with E-state index in [1.165, 1.54) is 0 Å². The number of hydrogen-bond acceptors (Lipinski definition) is 8. The Hall–Kier alpha value is -3.95. The van der Waals surface area contributed by atoms with Gasteiger partial charge in [0.25, 0.3) is 0 Å². The Balaban J connectivity index is 1.70. The fraction of sp³-hybridized carbons (Fsp3) is 0.321. The van der Waals surface area contributed by atoms with Crippen LogP contribution >= 0.6 is 0 Å². The Labute approximate surface area is 214 Å². The van der Waals surface area contributed by atoms with Crippen molar-refractivity contribution >= 4 is 5.97 Å². The van der Waals surface area contributed by atoms with E-state index >= 15 is 0 Å². The molecular weight excluding hydrogens is 478 g/mol. The van der Waals surface area contributed by atoms with Gasteiger partial charge in [0.15, 0.2) is 11.5 Å². The number of carboxylic acids is 1. The average molecular weight is 508 g/mol. The molecule has 2 N–H and O–H groups in total. The Morgan fingerprint density at radius 2 is 1.73 bits per heavy atom. The number of aliphatic hydroxyl groups excluding tert-OH is 1. The van der Waals surface area contributed by atoms with Crippen molar-refractivity contribution in [3.63, 3.8) is 0 Å². The quantitative estimate of drug-likeness (QED) is 0.424. The molecule has 37 heavy (non-hydrogen) atoms. The molecule has 5 rings (SSSR count). The molecule has 3 aromatic carbocycles. The van der Waals surface area contributed by atoms with E-state index in [0.29, 0.717) is 35.4 Å². The highest BCUT2D eigenvalue weighted by atomic mass is 16.7. The molecule has 0 saturated heterocycles. The minimum atomic E-state index is -0.958. The Morgan fingerprint density at radius 1 is 0.946 bits per heavy atom. The first-order valence-corrected chi connectivity index (χ1v) is 12.1. The molecule has 0 aromatic heterocycles. The molecule has 2 heterocycles. The summed E-state index contributed by atoms with van der Waals surface area (Å²) in [6.07, 6.45) is 0. The fourth-order valence-corrected chi connectivity index (χ4v) is 5.09. The van der Waals surface area contributed by atoms with Gasteiger partial charge in [-0.25, -0.2) is 0 Å². The third-order valence-corrected chi connectivity index (χ3v) is 6.52. The number of nitrogens with zero attached hydrogens (tertiary/aromatic N) is 1. The van der Waals surface area contributed by atoms with Crippen molar-refractivity contribution in [1.29, 1.82) is 0 Å². The van der Waals surface area contributed by atoms with Crippen LogP contribution in [0.15, 0.2) is 54.6 Å². The summed E-state index contributed by atoms with van der Waals surface area (Å²) in [5.41, 5.74) is 3.50. The van der Waals surface area contributed by atoms with Crippen LogP contribution in [0.1, 0.15) is 41.3 Å². The molecule has 0 bridgehead atoms. The topological polar surface area (TPSA) is 107 Å². The first-order chi connectivity index (χ1) is 18.0. The number of benzene rings is 3. The van der Waals surface area contributed by atoms with Crippen molar-refractivity contribution in [2.75, 3.05) is 40.3 Å². The SMILES string of the molecule is CCOc1ccc2c(c1)[C@@H](c1ccc(OC)cc1OCCO)N(CC(=O)O)[C@@H]2c1ccc2c(c1)OCO2. The maximum Gasteiger partial charge on any atom is 0.317 e. The maximum atomic E-state index is 12.2. The summed E-state index contributed by atoms with van der Waals surface area (Å²) in [6.45, 7) is 2.27. The molecule has 194 valence electrons. The molecule has 9 nitrogen and oxygen atoms in total.